The Labute approximate surface area is 150 Å². The van der Waals surface area contributed by atoms with Crippen LogP contribution >= 0.6 is 0 Å². The van der Waals surface area contributed by atoms with Crippen LogP contribution in [0.25, 0.3) is 22.6 Å². The molecule has 2 aliphatic rings. The minimum absolute atomic E-state index is 0.120. The Balaban J connectivity index is 1.81. The zero-order valence-corrected chi connectivity index (χ0v) is 13.7. The van der Waals surface area contributed by atoms with Gasteiger partial charge in [0.15, 0.2) is 0 Å². The molecule has 9 heteroatoms. The van der Waals surface area contributed by atoms with Gasteiger partial charge >= 0.3 is 6.18 Å². The van der Waals surface area contributed by atoms with Gasteiger partial charge in [-0.15, -0.1) is 10.2 Å². The number of tetrazole rings is 1. The number of rotatable bonds is 3. The largest absolute Gasteiger partial charge is 0.416 e. The highest BCUT2D eigenvalue weighted by Gasteiger charge is 2.30. The van der Waals surface area contributed by atoms with Crippen LogP contribution in [0.5, 0.6) is 0 Å². The Hall–Kier alpha value is -3.49. The number of halogens is 3. The molecule has 1 N–H and O–H groups in total. The average molecular weight is 371 g/mol. The lowest BCUT2D eigenvalue weighted by Gasteiger charge is -2.09. The van der Waals surface area contributed by atoms with E-state index in [1.54, 1.807) is 24.3 Å². The van der Waals surface area contributed by atoms with Crippen molar-refractivity contribution in [2.75, 3.05) is 0 Å². The molecule has 0 saturated heterocycles. The Morgan fingerprint density at radius 2 is 1.74 bits per heavy atom. The number of hydrogen-bond acceptors (Lipinski definition) is 4. The van der Waals surface area contributed by atoms with Gasteiger partial charge in [0.25, 0.3) is 5.56 Å². The van der Waals surface area contributed by atoms with Crippen molar-refractivity contribution in [1.29, 1.82) is 0 Å². The van der Waals surface area contributed by atoms with Crippen LogP contribution < -0.4 is 5.56 Å². The molecule has 4 rings (SSSR count). The number of alkyl halides is 3. The van der Waals surface area contributed by atoms with Crippen molar-refractivity contribution >= 4 is 0 Å². The predicted molar refractivity (Wildman–Crippen MR) is 91.0 cm³/mol. The van der Waals surface area contributed by atoms with Crippen LogP contribution in [0.15, 0.2) is 59.4 Å². The first-order valence-electron chi connectivity index (χ1n) is 7.96. The van der Waals surface area contributed by atoms with Crippen molar-refractivity contribution in [2.45, 2.75) is 12.7 Å². The molecule has 0 spiro atoms. The smallest absolute Gasteiger partial charge is 0.303 e. The van der Waals surface area contributed by atoms with Gasteiger partial charge in [0, 0.05) is 5.56 Å². The minimum atomic E-state index is -4.40. The van der Waals surface area contributed by atoms with Gasteiger partial charge in [-0.25, -0.2) is 0 Å². The van der Waals surface area contributed by atoms with Crippen molar-refractivity contribution in [3.63, 3.8) is 0 Å². The van der Waals surface area contributed by atoms with Gasteiger partial charge in [-0.05, 0) is 29.0 Å². The molecule has 1 aliphatic carbocycles. The van der Waals surface area contributed by atoms with Gasteiger partial charge in [0.1, 0.15) is 0 Å². The van der Waals surface area contributed by atoms with Gasteiger partial charge in [-0.3, -0.25) is 4.79 Å². The third-order valence-corrected chi connectivity index (χ3v) is 4.23. The molecular weight excluding hydrogens is 359 g/mol. The zero-order valence-electron chi connectivity index (χ0n) is 13.7. The molecule has 0 amide bonds. The summed E-state index contributed by atoms with van der Waals surface area (Å²) in [5, 5.41) is 13.6. The molecule has 136 valence electrons. The summed E-state index contributed by atoms with van der Waals surface area (Å²) < 4.78 is 39.7. The quantitative estimate of drug-likeness (QED) is 0.600. The number of nitrogens with one attached hydrogen (secondary N) is 1. The topological polar surface area (TPSA) is 76.5 Å². The van der Waals surface area contributed by atoms with E-state index in [0.29, 0.717) is 22.4 Å². The molecule has 6 nitrogen and oxygen atoms in total. The fourth-order valence-electron chi connectivity index (χ4n) is 2.97. The molecule has 0 bridgehead atoms. The molecular formula is C18H12F3N5O. The molecule has 27 heavy (non-hydrogen) atoms. The molecule has 0 atom stereocenters. The number of nitrogens with zero attached hydrogens (tertiary/aromatic N) is 4. The standard InChI is InChI=1S/C18H12F3N5O/c19-18(20,21)12-8-6-11(7-9-12)10-26-14-5-3-1-2-4-13(14)15(17(26)27)16-22-24-25-23-16/h1-9H,10H2,(H,22,23,24,25). The predicted octanol–water partition coefficient (Wildman–Crippen LogP) is 3.20. The lowest BCUT2D eigenvalue weighted by Crippen LogP contribution is -2.17. The molecule has 1 aliphatic heterocycles. The minimum Gasteiger partial charge on any atom is -0.303 e. The summed E-state index contributed by atoms with van der Waals surface area (Å²) in [5.41, 5.74) is 1.07. The van der Waals surface area contributed by atoms with Gasteiger partial charge in [0.2, 0.25) is 5.82 Å². The number of benzene rings is 1. The molecule has 0 unspecified atom stereocenters. The monoisotopic (exact) mass is 371 g/mol. The summed E-state index contributed by atoms with van der Waals surface area (Å²) in [7, 11) is 0. The van der Waals surface area contributed by atoms with E-state index in [1.807, 2.05) is 6.07 Å². The van der Waals surface area contributed by atoms with E-state index in [2.05, 4.69) is 20.6 Å². The third kappa shape index (κ3) is 3.07. The fraction of sp³-hybridized carbons (Fsp3) is 0.111. The number of H-pyrrole nitrogens is 1. The maximum absolute atomic E-state index is 13.0. The average Bonchev–Trinajstić information content (AvgIpc) is 3.15. The normalized spacial score (nSPS) is 11.8. The first kappa shape index (κ1) is 17.0. The molecule has 1 aromatic heterocycles. The zero-order chi connectivity index (χ0) is 19.0. The van der Waals surface area contributed by atoms with Crippen LogP contribution in [0.2, 0.25) is 0 Å². The van der Waals surface area contributed by atoms with Crippen LogP contribution in [0.1, 0.15) is 11.1 Å². The van der Waals surface area contributed by atoms with E-state index < -0.39 is 11.7 Å². The molecule has 2 aromatic rings. The number of hydrogen-bond donors (Lipinski definition) is 1. The van der Waals surface area contributed by atoms with Gasteiger partial charge in [-0.1, -0.05) is 36.4 Å². The first-order chi connectivity index (χ1) is 12.9. The van der Waals surface area contributed by atoms with Crippen molar-refractivity contribution in [3.05, 3.63) is 76.1 Å². The van der Waals surface area contributed by atoms with Crippen LogP contribution in [0.3, 0.4) is 0 Å². The molecule has 0 fully saturated rings. The summed E-state index contributed by atoms with van der Waals surface area (Å²) in [6.07, 6.45) is -4.40. The second-order valence-electron chi connectivity index (χ2n) is 5.91. The van der Waals surface area contributed by atoms with Crippen LogP contribution in [-0.4, -0.2) is 25.2 Å². The number of aromatic amines is 1. The summed E-state index contributed by atoms with van der Waals surface area (Å²) >= 11 is 0. The second kappa shape index (κ2) is 6.35. The Bertz CT molecular complexity index is 1100. The summed E-state index contributed by atoms with van der Waals surface area (Å²) in [6, 6.07) is 13.7. The number of fused-ring (bicyclic) bond motifs is 1. The summed E-state index contributed by atoms with van der Waals surface area (Å²) in [6.45, 7) is 0.120. The first-order valence-corrected chi connectivity index (χ1v) is 7.96. The third-order valence-electron chi connectivity index (χ3n) is 4.23. The van der Waals surface area contributed by atoms with Crippen LogP contribution in [-0.2, 0) is 12.7 Å². The van der Waals surface area contributed by atoms with E-state index in [4.69, 9.17) is 0 Å². The molecule has 2 heterocycles. The summed E-state index contributed by atoms with van der Waals surface area (Å²) in [5.74, 6) is 0.169. The van der Waals surface area contributed by atoms with Gasteiger partial charge < -0.3 is 4.57 Å². The van der Waals surface area contributed by atoms with Crippen molar-refractivity contribution in [2.24, 2.45) is 0 Å². The summed E-state index contributed by atoms with van der Waals surface area (Å²) in [4.78, 5) is 13.0. The molecule has 0 saturated carbocycles. The van der Waals surface area contributed by atoms with E-state index in [-0.39, 0.29) is 17.9 Å². The Kier molecular flexibility index (Phi) is 3.98. The lowest BCUT2D eigenvalue weighted by atomic mass is 10.1. The SMILES string of the molecule is O=c1c(-c2nn[nH]n2)c2cccccc-2n1Cc1ccc(C(F)(F)F)cc1. The van der Waals surface area contributed by atoms with Crippen molar-refractivity contribution in [1.82, 2.24) is 25.2 Å². The van der Waals surface area contributed by atoms with Crippen molar-refractivity contribution < 1.29 is 13.2 Å². The highest BCUT2D eigenvalue weighted by Crippen LogP contribution is 2.31. The highest BCUT2D eigenvalue weighted by molar-refractivity contribution is 5.80. The van der Waals surface area contributed by atoms with Crippen molar-refractivity contribution in [3.8, 4) is 22.6 Å². The Morgan fingerprint density at radius 1 is 1.00 bits per heavy atom. The van der Waals surface area contributed by atoms with E-state index in [0.717, 1.165) is 12.1 Å². The van der Waals surface area contributed by atoms with Gasteiger partial charge in [-0.2, -0.15) is 18.4 Å². The number of aromatic nitrogens is 5. The highest BCUT2D eigenvalue weighted by atomic mass is 19.4. The molecule has 1 aromatic carbocycles. The maximum atomic E-state index is 13.0. The van der Waals surface area contributed by atoms with E-state index in [1.165, 1.54) is 16.7 Å². The molecule has 0 radical (unpaired) electrons. The maximum Gasteiger partial charge on any atom is 0.416 e. The van der Waals surface area contributed by atoms with Crippen LogP contribution in [0.4, 0.5) is 13.2 Å². The van der Waals surface area contributed by atoms with Gasteiger partial charge in [0.05, 0.1) is 23.4 Å². The van der Waals surface area contributed by atoms with E-state index >= 15 is 0 Å². The van der Waals surface area contributed by atoms with E-state index in [9.17, 15) is 18.0 Å². The Morgan fingerprint density at radius 3 is 2.41 bits per heavy atom. The second-order valence-corrected chi connectivity index (χ2v) is 5.91. The fourth-order valence-corrected chi connectivity index (χ4v) is 2.97. The van der Waals surface area contributed by atoms with Crippen LogP contribution in [0, 0.1) is 0 Å². The lowest BCUT2D eigenvalue weighted by molar-refractivity contribution is -0.137.